The summed E-state index contributed by atoms with van der Waals surface area (Å²) in [5, 5.41) is 14.3. The molecule has 7 heteroatoms. The van der Waals surface area contributed by atoms with E-state index < -0.39 is 11.9 Å². The molecular formula is C15H16ClN3O3. The highest BCUT2D eigenvalue weighted by atomic mass is 35.5. The second-order valence-electron chi connectivity index (χ2n) is 4.06. The Morgan fingerprint density at radius 3 is 2.59 bits per heavy atom. The second-order valence-corrected chi connectivity index (χ2v) is 4.43. The van der Waals surface area contributed by atoms with Gasteiger partial charge in [-0.05, 0) is 31.2 Å². The Balaban J connectivity index is 2.70. The molecular weight excluding hydrogens is 306 g/mol. The summed E-state index contributed by atoms with van der Waals surface area (Å²) >= 11 is 5.46. The normalized spacial score (nSPS) is 10.5. The lowest BCUT2D eigenvalue weighted by Crippen LogP contribution is -2.26. The number of halogens is 1. The summed E-state index contributed by atoms with van der Waals surface area (Å²) in [4.78, 5) is 23.1. The van der Waals surface area contributed by atoms with Crippen LogP contribution in [0.3, 0.4) is 0 Å². The van der Waals surface area contributed by atoms with Gasteiger partial charge in [0.2, 0.25) is 0 Å². The largest absolute Gasteiger partial charge is 0.462 e. The maximum Gasteiger partial charge on any atom is 0.338 e. The number of carbonyl (C=O) groups excluding carboxylic acids is 2. The number of nitrogens with one attached hydrogen (secondary N) is 2. The lowest BCUT2D eigenvalue weighted by Gasteiger charge is -2.05. The Kier molecular flexibility index (Phi) is 7.51. The van der Waals surface area contributed by atoms with Crippen LogP contribution in [0.15, 0.2) is 36.0 Å². The quantitative estimate of drug-likeness (QED) is 0.347. The van der Waals surface area contributed by atoms with Crippen LogP contribution in [-0.2, 0) is 9.53 Å². The smallest absolute Gasteiger partial charge is 0.338 e. The predicted molar refractivity (Wildman–Crippen MR) is 83.4 cm³/mol. The fourth-order valence-corrected chi connectivity index (χ4v) is 1.57. The SMILES string of the molecule is CCOC(=O)c1ccc(N/C=C(/C#N)C(=O)NCCCl)cc1. The molecule has 0 fully saturated rings. The molecule has 6 nitrogen and oxygen atoms in total. The summed E-state index contributed by atoms with van der Waals surface area (Å²) < 4.78 is 4.87. The summed E-state index contributed by atoms with van der Waals surface area (Å²) in [6, 6.07) is 8.27. The van der Waals surface area contributed by atoms with Gasteiger partial charge in [0.05, 0.1) is 12.2 Å². The summed E-state index contributed by atoms with van der Waals surface area (Å²) in [6.45, 7) is 2.33. The molecule has 0 aliphatic heterocycles. The molecule has 22 heavy (non-hydrogen) atoms. The zero-order chi connectivity index (χ0) is 16.4. The minimum atomic E-state index is -0.501. The van der Waals surface area contributed by atoms with Crippen molar-refractivity contribution in [3.8, 4) is 6.07 Å². The van der Waals surface area contributed by atoms with E-state index in [1.54, 1.807) is 37.3 Å². The summed E-state index contributed by atoms with van der Waals surface area (Å²) in [6.07, 6.45) is 1.29. The number of esters is 1. The number of nitriles is 1. The van der Waals surface area contributed by atoms with E-state index in [0.29, 0.717) is 17.9 Å². The lowest BCUT2D eigenvalue weighted by atomic mass is 10.2. The van der Waals surface area contributed by atoms with Crippen molar-refractivity contribution in [2.75, 3.05) is 24.3 Å². The van der Waals surface area contributed by atoms with Crippen LogP contribution in [0.4, 0.5) is 5.69 Å². The number of rotatable bonds is 7. The molecule has 0 bridgehead atoms. The molecule has 0 heterocycles. The van der Waals surface area contributed by atoms with Crippen LogP contribution in [-0.4, -0.2) is 30.9 Å². The maximum atomic E-state index is 11.6. The highest BCUT2D eigenvalue weighted by Gasteiger charge is 2.08. The molecule has 0 aromatic heterocycles. The van der Waals surface area contributed by atoms with Crippen molar-refractivity contribution in [3.63, 3.8) is 0 Å². The number of amides is 1. The Morgan fingerprint density at radius 1 is 1.36 bits per heavy atom. The third kappa shape index (κ3) is 5.46. The molecule has 1 aromatic carbocycles. The molecule has 0 unspecified atom stereocenters. The average molecular weight is 322 g/mol. The molecule has 1 aromatic rings. The van der Waals surface area contributed by atoms with Gasteiger partial charge in [0.15, 0.2) is 0 Å². The van der Waals surface area contributed by atoms with Gasteiger partial charge in [0.25, 0.3) is 5.91 Å². The van der Waals surface area contributed by atoms with Gasteiger partial charge < -0.3 is 15.4 Å². The van der Waals surface area contributed by atoms with Gasteiger partial charge in [-0.1, -0.05) is 0 Å². The number of hydrogen-bond acceptors (Lipinski definition) is 5. The van der Waals surface area contributed by atoms with E-state index in [-0.39, 0.29) is 18.0 Å². The van der Waals surface area contributed by atoms with Crippen LogP contribution < -0.4 is 10.6 Å². The molecule has 1 amide bonds. The fraction of sp³-hybridized carbons (Fsp3) is 0.267. The first kappa shape index (κ1) is 17.5. The van der Waals surface area contributed by atoms with Crippen LogP contribution in [0.25, 0.3) is 0 Å². The van der Waals surface area contributed by atoms with Gasteiger partial charge in [0, 0.05) is 24.3 Å². The van der Waals surface area contributed by atoms with Gasteiger partial charge in [-0.15, -0.1) is 11.6 Å². The lowest BCUT2D eigenvalue weighted by molar-refractivity contribution is -0.117. The minimum absolute atomic E-state index is 0.0698. The van der Waals surface area contributed by atoms with E-state index >= 15 is 0 Å². The second kappa shape index (κ2) is 9.42. The summed E-state index contributed by atoms with van der Waals surface area (Å²) in [5.41, 5.74) is 0.988. The third-order valence-corrected chi connectivity index (χ3v) is 2.71. The average Bonchev–Trinajstić information content (AvgIpc) is 2.54. The Bertz CT molecular complexity index is 591. The van der Waals surface area contributed by atoms with Crippen molar-refractivity contribution < 1.29 is 14.3 Å². The Morgan fingerprint density at radius 2 is 2.05 bits per heavy atom. The fourth-order valence-electron chi connectivity index (χ4n) is 1.48. The van der Waals surface area contributed by atoms with E-state index in [1.165, 1.54) is 6.20 Å². The van der Waals surface area contributed by atoms with Gasteiger partial charge in [-0.25, -0.2) is 4.79 Å². The molecule has 0 saturated heterocycles. The van der Waals surface area contributed by atoms with Gasteiger partial charge >= 0.3 is 5.97 Å². The topological polar surface area (TPSA) is 91.2 Å². The molecule has 0 spiro atoms. The van der Waals surface area contributed by atoms with E-state index in [2.05, 4.69) is 10.6 Å². The molecule has 0 aliphatic rings. The van der Waals surface area contributed by atoms with Crippen molar-refractivity contribution >= 4 is 29.2 Å². The van der Waals surface area contributed by atoms with Crippen LogP contribution >= 0.6 is 11.6 Å². The van der Waals surface area contributed by atoms with E-state index in [1.807, 2.05) is 0 Å². The van der Waals surface area contributed by atoms with Gasteiger partial charge in [0.1, 0.15) is 11.6 Å². The summed E-state index contributed by atoms with van der Waals surface area (Å²) in [5.74, 6) is -0.630. The van der Waals surface area contributed by atoms with Crippen molar-refractivity contribution in [2.45, 2.75) is 6.92 Å². The third-order valence-electron chi connectivity index (χ3n) is 2.52. The first-order valence-electron chi connectivity index (χ1n) is 6.60. The molecule has 116 valence electrons. The highest BCUT2D eigenvalue weighted by Crippen LogP contribution is 2.11. The number of carbonyl (C=O) groups is 2. The number of hydrogen-bond donors (Lipinski definition) is 2. The first-order valence-corrected chi connectivity index (χ1v) is 7.14. The number of ether oxygens (including phenoxy) is 1. The summed E-state index contributed by atoms with van der Waals surface area (Å²) in [7, 11) is 0. The highest BCUT2D eigenvalue weighted by molar-refractivity contribution is 6.18. The zero-order valence-corrected chi connectivity index (χ0v) is 12.8. The van der Waals surface area contributed by atoms with Crippen molar-refractivity contribution in [2.24, 2.45) is 0 Å². The molecule has 0 atom stereocenters. The van der Waals surface area contributed by atoms with Crippen molar-refractivity contribution in [3.05, 3.63) is 41.6 Å². The van der Waals surface area contributed by atoms with E-state index in [9.17, 15) is 9.59 Å². The molecule has 1 rings (SSSR count). The van der Waals surface area contributed by atoms with Crippen LogP contribution in [0.1, 0.15) is 17.3 Å². The molecule has 0 aliphatic carbocycles. The van der Waals surface area contributed by atoms with Gasteiger partial charge in [-0.3, -0.25) is 4.79 Å². The zero-order valence-electron chi connectivity index (χ0n) is 12.1. The maximum absolute atomic E-state index is 11.6. The Hall–Kier alpha value is -2.52. The van der Waals surface area contributed by atoms with Crippen molar-refractivity contribution in [1.82, 2.24) is 5.32 Å². The van der Waals surface area contributed by atoms with E-state index in [0.717, 1.165) is 0 Å². The molecule has 2 N–H and O–H groups in total. The molecule has 0 radical (unpaired) electrons. The van der Waals surface area contributed by atoms with E-state index in [4.69, 9.17) is 21.6 Å². The van der Waals surface area contributed by atoms with Crippen LogP contribution in [0.2, 0.25) is 0 Å². The number of alkyl halides is 1. The standard InChI is InChI=1S/C15H16ClN3O3/c1-2-22-15(21)11-3-5-13(6-4-11)19-10-12(9-17)14(20)18-8-7-16/h3-6,10,19H,2,7-8H2,1H3,(H,18,20)/b12-10-. The van der Waals surface area contributed by atoms with Gasteiger partial charge in [-0.2, -0.15) is 5.26 Å². The molecule has 0 saturated carbocycles. The minimum Gasteiger partial charge on any atom is -0.462 e. The number of benzene rings is 1. The number of nitrogens with zero attached hydrogens (tertiary/aromatic N) is 1. The van der Waals surface area contributed by atoms with Crippen molar-refractivity contribution in [1.29, 1.82) is 5.26 Å². The monoisotopic (exact) mass is 321 g/mol. The Labute approximate surface area is 133 Å². The predicted octanol–water partition coefficient (Wildman–Crippen LogP) is 2.04. The first-order chi connectivity index (χ1) is 10.6. The number of anilines is 1. The van der Waals surface area contributed by atoms with Crippen LogP contribution in [0.5, 0.6) is 0 Å². The van der Waals surface area contributed by atoms with Crippen LogP contribution in [0, 0.1) is 11.3 Å².